The van der Waals surface area contributed by atoms with Gasteiger partial charge in [-0.2, -0.15) is 0 Å². The van der Waals surface area contributed by atoms with E-state index in [4.69, 9.17) is 27.9 Å². The summed E-state index contributed by atoms with van der Waals surface area (Å²) in [5.41, 5.74) is 1.44. The lowest BCUT2D eigenvalue weighted by Crippen LogP contribution is -2.15. The fourth-order valence-corrected chi connectivity index (χ4v) is 3.62. The minimum atomic E-state index is -0.284. The summed E-state index contributed by atoms with van der Waals surface area (Å²) in [5, 5.41) is 14.7. The number of anilines is 2. The van der Waals surface area contributed by atoms with E-state index in [9.17, 15) is 9.59 Å². The molecule has 0 bridgehead atoms. The molecule has 28 heavy (non-hydrogen) atoms. The normalized spacial score (nSPS) is 10.7. The van der Waals surface area contributed by atoms with Crippen molar-refractivity contribution in [1.29, 1.82) is 0 Å². The number of rotatable bonds is 6. The molecule has 0 fully saturated rings. The van der Waals surface area contributed by atoms with E-state index in [0.717, 1.165) is 0 Å². The van der Waals surface area contributed by atoms with E-state index in [-0.39, 0.29) is 17.6 Å². The zero-order valence-electron chi connectivity index (χ0n) is 14.8. The zero-order chi connectivity index (χ0) is 20.3. The summed E-state index contributed by atoms with van der Waals surface area (Å²) in [6.45, 7) is 1.40. The largest absolute Gasteiger partial charge is 0.495 e. The number of amides is 2. The molecule has 0 saturated heterocycles. The second-order valence-corrected chi connectivity index (χ2v) is 7.40. The van der Waals surface area contributed by atoms with Crippen LogP contribution in [-0.4, -0.2) is 39.3 Å². The molecule has 0 spiro atoms. The lowest BCUT2D eigenvalue weighted by atomic mass is 10.2. The first-order valence-corrected chi connectivity index (χ1v) is 9.69. The number of hydrogen-bond acceptors (Lipinski definition) is 6. The Kier molecular flexibility index (Phi) is 6.28. The lowest BCUT2D eigenvalue weighted by molar-refractivity contribution is -0.114. The van der Waals surface area contributed by atoms with Crippen LogP contribution in [-0.2, 0) is 9.59 Å². The molecular weight excluding hydrogens is 425 g/mol. The van der Waals surface area contributed by atoms with Gasteiger partial charge < -0.3 is 15.4 Å². The Morgan fingerprint density at radius 2 is 2.00 bits per heavy atom. The number of halogens is 2. The number of carbonyl (C=O) groups is 2. The third-order valence-electron chi connectivity index (χ3n) is 3.52. The van der Waals surface area contributed by atoms with Crippen LogP contribution < -0.4 is 15.4 Å². The number of carbonyl (C=O) groups excluding carboxylic acids is 2. The highest BCUT2D eigenvalue weighted by atomic mass is 35.5. The molecule has 146 valence electrons. The van der Waals surface area contributed by atoms with Crippen molar-refractivity contribution in [3.8, 4) is 5.75 Å². The molecule has 0 unspecified atom stereocenters. The number of benzene rings is 1. The monoisotopic (exact) mass is 439 g/mol. The highest BCUT2D eigenvalue weighted by Crippen LogP contribution is 2.29. The van der Waals surface area contributed by atoms with Crippen LogP contribution in [0.2, 0.25) is 10.0 Å². The maximum Gasteiger partial charge on any atom is 0.234 e. The van der Waals surface area contributed by atoms with Gasteiger partial charge in [0.15, 0.2) is 10.8 Å². The van der Waals surface area contributed by atoms with Crippen molar-refractivity contribution in [2.45, 2.75) is 12.1 Å². The molecule has 1 aromatic carbocycles. The van der Waals surface area contributed by atoms with Gasteiger partial charge in [0.25, 0.3) is 0 Å². The van der Waals surface area contributed by atoms with Crippen LogP contribution in [0, 0.1) is 0 Å². The van der Waals surface area contributed by atoms with Crippen LogP contribution in [0.3, 0.4) is 0 Å². The minimum absolute atomic E-state index is 0.0679. The van der Waals surface area contributed by atoms with Gasteiger partial charge in [0.2, 0.25) is 11.8 Å². The molecule has 2 heterocycles. The van der Waals surface area contributed by atoms with E-state index >= 15 is 0 Å². The fourth-order valence-electron chi connectivity index (χ4n) is 2.40. The molecule has 2 amide bonds. The van der Waals surface area contributed by atoms with Gasteiger partial charge in [-0.05, 0) is 24.3 Å². The number of ether oxygens (including phenoxy) is 1. The van der Waals surface area contributed by atoms with Gasteiger partial charge in [-0.15, -0.1) is 10.2 Å². The number of pyridine rings is 1. The van der Waals surface area contributed by atoms with Crippen LogP contribution in [0.4, 0.5) is 11.4 Å². The highest BCUT2D eigenvalue weighted by molar-refractivity contribution is 7.99. The molecule has 2 N–H and O–H groups in total. The molecule has 0 atom stereocenters. The molecule has 0 aliphatic carbocycles. The van der Waals surface area contributed by atoms with Crippen LogP contribution in [0.5, 0.6) is 5.75 Å². The van der Waals surface area contributed by atoms with Crippen molar-refractivity contribution in [3.05, 3.63) is 40.5 Å². The van der Waals surface area contributed by atoms with Gasteiger partial charge in [-0.3, -0.25) is 14.0 Å². The van der Waals surface area contributed by atoms with Crippen molar-refractivity contribution in [2.75, 3.05) is 23.5 Å². The van der Waals surface area contributed by atoms with Crippen molar-refractivity contribution >= 4 is 63.8 Å². The Hall–Kier alpha value is -2.49. The fraction of sp³-hybridized carbons (Fsp3) is 0.176. The first kappa shape index (κ1) is 20.2. The predicted octanol–water partition coefficient (Wildman–Crippen LogP) is 3.73. The summed E-state index contributed by atoms with van der Waals surface area (Å²) in [4.78, 5) is 23.6. The third kappa shape index (κ3) is 4.67. The molecule has 2 aromatic heterocycles. The van der Waals surface area contributed by atoms with E-state index < -0.39 is 0 Å². The number of hydrogen-bond donors (Lipinski definition) is 2. The smallest absolute Gasteiger partial charge is 0.234 e. The van der Waals surface area contributed by atoms with Gasteiger partial charge in [-0.25, -0.2) is 0 Å². The van der Waals surface area contributed by atoms with E-state index in [2.05, 4.69) is 20.8 Å². The van der Waals surface area contributed by atoms with E-state index in [0.29, 0.717) is 38.0 Å². The molecule has 3 aromatic rings. The topological polar surface area (TPSA) is 97.6 Å². The first-order chi connectivity index (χ1) is 13.4. The number of fused-ring (bicyclic) bond motifs is 1. The van der Waals surface area contributed by atoms with Gasteiger partial charge in [0.1, 0.15) is 5.75 Å². The Morgan fingerprint density at radius 1 is 1.21 bits per heavy atom. The van der Waals surface area contributed by atoms with Crippen molar-refractivity contribution < 1.29 is 14.3 Å². The maximum absolute atomic E-state index is 12.4. The first-order valence-electron chi connectivity index (χ1n) is 7.95. The minimum Gasteiger partial charge on any atom is -0.495 e. The van der Waals surface area contributed by atoms with Crippen LogP contribution in [0.25, 0.3) is 5.65 Å². The molecule has 3 rings (SSSR count). The summed E-state index contributed by atoms with van der Waals surface area (Å²) in [6, 6.07) is 6.53. The summed E-state index contributed by atoms with van der Waals surface area (Å²) in [6.07, 6.45) is 1.63. The Labute approximate surface area is 174 Å². The number of aromatic nitrogens is 3. The highest BCUT2D eigenvalue weighted by Gasteiger charge is 2.14. The van der Waals surface area contributed by atoms with Gasteiger partial charge in [-0.1, -0.05) is 35.0 Å². The van der Waals surface area contributed by atoms with E-state index in [1.54, 1.807) is 34.9 Å². The summed E-state index contributed by atoms with van der Waals surface area (Å²) >= 11 is 13.3. The molecule has 11 heteroatoms. The summed E-state index contributed by atoms with van der Waals surface area (Å²) < 4.78 is 6.88. The molecule has 0 aliphatic heterocycles. The van der Waals surface area contributed by atoms with Crippen molar-refractivity contribution in [1.82, 2.24) is 14.6 Å². The van der Waals surface area contributed by atoms with Crippen LogP contribution in [0.1, 0.15) is 6.92 Å². The van der Waals surface area contributed by atoms with E-state index in [1.165, 1.54) is 25.8 Å². The number of thioether (sulfide) groups is 1. The summed E-state index contributed by atoms with van der Waals surface area (Å²) in [7, 11) is 1.49. The number of nitrogens with one attached hydrogen (secondary N) is 2. The lowest BCUT2D eigenvalue weighted by Gasteiger charge is -2.12. The number of nitrogens with zero attached hydrogens (tertiary/aromatic N) is 3. The molecule has 0 aliphatic rings. The number of methoxy groups -OCH3 is 1. The molecule has 0 saturated carbocycles. The predicted molar refractivity (Wildman–Crippen MR) is 110 cm³/mol. The molecule has 0 radical (unpaired) electrons. The quantitative estimate of drug-likeness (QED) is 0.567. The average molecular weight is 440 g/mol. The third-order valence-corrected chi connectivity index (χ3v) is 4.95. The second-order valence-electron chi connectivity index (χ2n) is 5.62. The zero-order valence-corrected chi connectivity index (χ0v) is 17.2. The maximum atomic E-state index is 12.4. The van der Waals surface area contributed by atoms with Crippen LogP contribution in [0.15, 0.2) is 35.6 Å². The van der Waals surface area contributed by atoms with Crippen LogP contribution >= 0.6 is 35.0 Å². The van der Waals surface area contributed by atoms with Gasteiger partial charge in [0.05, 0.1) is 28.6 Å². The molecular formula is C17H15Cl2N5O3S. The Bertz CT molecular complexity index is 1060. The van der Waals surface area contributed by atoms with Crippen molar-refractivity contribution in [2.24, 2.45) is 0 Å². The standard InChI is InChI=1S/C17H15Cl2N5O3S/c1-9(25)20-11-3-4-14(27-2)13(6-11)21-15(26)8-28-17-23-22-16-12(19)5-10(18)7-24(16)17/h3-7H,8H2,1-2H3,(H,20,25)(H,21,26). The second kappa shape index (κ2) is 8.68. The van der Waals surface area contributed by atoms with E-state index in [1.807, 2.05) is 0 Å². The van der Waals surface area contributed by atoms with Gasteiger partial charge in [0, 0.05) is 18.8 Å². The van der Waals surface area contributed by atoms with Gasteiger partial charge >= 0.3 is 0 Å². The average Bonchev–Trinajstić information content (AvgIpc) is 3.03. The Balaban J connectivity index is 1.72. The van der Waals surface area contributed by atoms with Crippen molar-refractivity contribution in [3.63, 3.8) is 0 Å². The SMILES string of the molecule is COc1ccc(NC(C)=O)cc1NC(=O)CSc1nnc2c(Cl)cc(Cl)cn12. The molecule has 8 nitrogen and oxygen atoms in total. The summed E-state index contributed by atoms with van der Waals surface area (Å²) in [5.74, 6) is 0.0411. The Morgan fingerprint density at radius 3 is 2.71 bits per heavy atom.